The predicted molar refractivity (Wildman–Crippen MR) is 71.3 cm³/mol. The van der Waals surface area contributed by atoms with Crippen molar-refractivity contribution in [1.82, 2.24) is 4.90 Å². The lowest BCUT2D eigenvalue weighted by Gasteiger charge is -2.23. The molecule has 0 aliphatic carbocycles. The molecule has 0 aromatic heterocycles. The first kappa shape index (κ1) is 13.5. The number of benzene rings is 1. The summed E-state index contributed by atoms with van der Waals surface area (Å²) in [7, 11) is 0. The van der Waals surface area contributed by atoms with Crippen molar-refractivity contribution in [2.75, 3.05) is 17.2 Å². The van der Waals surface area contributed by atoms with Gasteiger partial charge in [0.05, 0.1) is 12.4 Å². The van der Waals surface area contributed by atoms with Crippen LogP contribution in [0.1, 0.15) is 0 Å². The van der Waals surface area contributed by atoms with Gasteiger partial charge in [-0.05, 0) is 34.1 Å². The number of hydrogen-bond donors (Lipinski definition) is 2. The molecule has 0 radical (unpaired) electrons. The van der Waals surface area contributed by atoms with Crippen LogP contribution in [0, 0.1) is 5.21 Å². The summed E-state index contributed by atoms with van der Waals surface area (Å²) in [6, 6.07) is 4.34. The highest BCUT2D eigenvalue weighted by Gasteiger charge is 2.22. The summed E-state index contributed by atoms with van der Waals surface area (Å²) in [5.41, 5.74) is 0.644. The average molecular weight is 327 g/mol. The van der Waals surface area contributed by atoms with Crippen LogP contribution in [-0.4, -0.2) is 28.6 Å². The lowest BCUT2D eigenvalue weighted by molar-refractivity contribution is -0.136. The van der Waals surface area contributed by atoms with E-state index < -0.39 is 0 Å². The highest BCUT2D eigenvalue weighted by atomic mass is 79.9. The van der Waals surface area contributed by atoms with Crippen LogP contribution in [0.25, 0.3) is 0 Å². The van der Waals surface area contributed by atoms with Gasteiger partial charge < -0.3 is 15.8 Å². The largest absolute Gasteiger partial charge is 0.733 e. The van der Waals surface area contributed by atoms with E-state index in [0.717, 1.165) is 4.90 Å². The van der Waals surface area contributed by atoms with Crippen molar-refractivity contribution in [3.8, 4) is 0 Å². The summed E-state index contributed by atoms with van der Waals surface area (Å²) in [6.07, 6.45) is 2.40. The van der Waals surface area contributed by atoms with E-state index in [0.29, 0.717) is 10.2 Å². The third kappa shape index (κ3) is 2.92. The van der Waals surface area contributed by atoms with Gasteiger partial charge in [0.2, 0.25) is 0 Å². The number of rotatable bonds is 4. The number of carbonyl (C=O) groups excluding carboxylic acids is 2. The van der Waals surface area contributed by atoms with Gasteiger partial charge in [-0.2, -0.15) is 0 Å². The molecule has 1 aromatic carbocycles. The lowest BCUT2D eigenvalue weighted by atomic mass is 10.3. The Hall–Kier alpha value is -1.90. The molecule has 19 heavy (non-hydrogen) atoms. The summed E-state index contributed by atoms with van der Waals surface area (Å²) < 4.78 is 0.520. The van der Waals surface area contributed by atoms with Gasteiger partial charge in [0.25, 0.3) is 11.8 Å². The number of halogens is 1. The van der Waals surface area contributed by atoms with E-state index in [1.807, 2.05) is 0 Å². The summed E-state index contributed by atoms with van der Waals surface area (Å²) in [4.78, 5) is 23.7. The molecule has 1 aliphatic rings. The Morgan fingerprint density at radius 2 is 1.95 bits per heavy atom. The summed E-state index contributed by atoms with van der Waals surface area (Å²) in [5, 5.41) is 22.0. The molecule has 0 bridgehead atoms. The fraction of sp³-hybridized carbons (Fsp3) is 0.0909. The van der Waals surface area contributed by atoms with E-state index in [1.165, 1.54) is 24.3 Å². The smallest absolute Gasteiger partial charge is 0.255 e. The predicted octanol–water partition coefficient (Wildman–Crippen LogP) is 1.44. The Labute approximate surface area is 116 Å². The maximum Gasteiger partial charge on any atom is 0.255 e. The number of imide groups is 1. The van der Waals surface area contributed by atoms with Gasteiger partial charge in [0, 0.05) is 22.3 Å². The van der Waals surface area contributed by atoms with Crippen molar-refractivity contribution in [3.63, 3.8) is 0 Å². The number of nitrogens with one attached hydrogen (secondary N) is 1. The standard InChI is InChI=1S/C11H9BrN3O4/c12-8-5-7(15(18)19)1-2-9(8)13-6-14-10(16)3-4-11(14)17/h1-5,13,18H,6H2/q-1. The van der Waals surface area contributed by atoms with E-state index in [-0.39, 0.29) is 29.4 Å². The van der Waals surface area contributed by atoms with Gasteiger partial charge in [-0.25, -0.2) is 0 Å². The van der Waals surface area contributed by atoms with Crippen LogP contribution in [0.15, 0.2) is 34.8 Å². The first-order valence-electron chi connectivity index (χ1n) is 5.22. The van der Waals surface area contributed by atoms with Crippen LogP contribution >= 0.6 is 15.9 Å². The topological polar surface area (TPSA) is 95.9 Å². The molecule has 1 heterocycles. The Kier molecular flexibility index (Phi) is 3.84. The molecule has 2 N–H and O–H groups in total. The van der Waals surface area contributed by atoms with E-state index in [1.54, 1.807) is 6.07 Å². The first-order valence-corrected chi connectivity index (χ1v) is 6.01. The summed E-state index contributed by atoms with van der Waals surface area (Å²) >= 11 is 3.21. The minimum atomic E-state index is -0.383. The molecule has 0 spiro atoms. The van der Waals surface area contributed by atoms with Crippen LogP contribution in [0.4, 0.5) is 11.4 Å². The van der Waals surface area contributed by atoms with E-state index in [9.17, 15) is 14.8 Å². The maximum absolute atomic E-state index is 11.3. The van der Waals surface area contributed by atoms with Gasteiger partial charge in [-0.1, -0.05) is 0 Å². The van der Waals surface area contributed by atoms with Crippen LogP contribution in [-0.2, 0) is 9.59 Å². The molecule has 0 saturated carbocycles. The molecular formula is C11H9BrN3O4-. The lowest BCUT2D eigenvalue weighted by Crippen LogP contribution is -2.34. The van der Waals surface area contributed by atoms with Crippen LogP contribution in [0.3, 0.4) is 0 Å². The molecule has 0 atom stereocenters. The second kappa shape index (κ2) is 5.39. The molecular weight excluding hydrogens is 318 g/mol. The van der Waals surface area contributed by atoms with Crippen molar-refractivity contribution in [2.24, 2.45) is 0 Å². The van der Waals surface area contributed by atoms with Gasteiger partial charge >= 0.3 is 0 Å². The number of amides is 2. The number of anilines is 2. The van der Waals surface area contributed by atoms with E-state index >= 15 is 0 Å². The zero-order chi connectivity index (χ0) is 14.0. The molecule has 1 aromatic rings. The minimum absolute atomic E-state index is 0.0167. The molecule has 0 fully saturated rings. The van der Waals surface area contributed by atoms with Crippen molar-refractivity contribution < 1.29 is 14.8 Å². The minimum Gasteiger partial charge on any atom is -0.733 e. The fourth-order valence-electron chi connectivity index (χ4n) is 1.52. The SMILES string of the molecule is O=C1C=CC(=O)N1CNc1ccc(N([O-])O)cc1Br. The van der Waals surface area contributed by atoms with Gasteiger partial charge in [-0.3, -0.25) is 19.7 Å². The maximum atomic E-state index is 11.3. The monoisotopic (exact) mass is 326 g/mol. The fourth-order valence-corrected chi connectivity index (χ4v) is 2.02. The molecule has 0 saturated heterocycles. The Balaban J connectivity index is 2.04. The second-order valence-corrected chi connectivity index (χ2v) is 4.56. The van der Waals surface area contributed by atoms with Gasteiger partial charge in [-0.15, -0.1) is 0 Å². The zero-order valence-electron chi connectivity index (χ0n) is 9.54. The third-order valence-corrected chi connectivity index (χ3v) is 3.16. The number of hydrogen-bond acceptors (Lipinski definition) is 6. The Bertz CT molecular complexity index is 541. The van der Waals surface area contributed by atoms with Crippen LogP contribution in [0.2, 0.25) is 0 Å². The van der Waals surface area contributed by atoms with Crippen molar-refractivity contribution >= 4 is 39.1 Å². The molecule has 2 rings (SSSR count). The van der Waals surface area contributed by atoms with E-state index in [2.05, 4.69) is 21.2 Å². The molecule has 0 unspecified atom stereocenters. The second-order valence-electron chi connectivity index (χ2n) is 3.71. The normalized spacial score (nSPS) is 14.2. The van der Waals surface area contributed by atoms with Crippen LogP contribution < -0.4 is 10.5 Å². The Morgan fingerprint density at radius 1 is 1.32 bits per heavy atom. The third-order valence-electron chi connectivity index (χ3n) is 2.50. The van der Waals surface area contributed by atoms with Gasteiger partial charge in [0.15, 0.2) is 0 Å². The zero-order valence-corrected chi connectivity index (χ0v) is 11.1. The van der Waals surface area contributed by atoms with Crippen molar-refractivity contribution in [1.29, 1.82) is 0 Å². The number of carbonyl (C=O) groups is 2. The molecule has 8 heteroatoms. The Morgan fingerprint density at radius 3 is 2.47 bits per heavy atom. The highest BCUT2D eigenvalue weighted by molar-refractivity contribution is 9.10. The number of nitrogens with zero attached hydrogens (tertiary/aromatic N) is 2. The quantitative estimate of drug-likeness (QED) is 0.642. The summed E-state index contributed by atoms with van der Waals surface area (Å²) in [5.74, 6) is -0.766. The molecule has 1 aliphatic heterocycles. The highest BCUT2D eigenvalue weighted by Crippen LogP contribution is 2.27. The summed E-state index contributed by atoms with van der Waals surface area (Å²) in [6.45, 7) is 0.0167. The molecule has 2 amide bonds. The van der Waals surface area contributed by atoms with E-state index in [4.69, 9.17) is 5.21 Å². The van der Waals surface area contributed by atoms with Crippen LogP contribution in [0.5, 0.6) is 0 Å². The van der Waals surface area contributed by atoms with Crippen molar-refractivity contribution in [2.45, 2.75) is 0 Å². The molecule has 7 nitrogen and oxygen atoms in total. The average Bonchev–Trinajstić information content (AvgIpc) is 2.68. The van der Waals surface area contributed by atoms with Crippen molar-refractivity contribution in [3.05, 3.63) is 40.0 Å². The van der Waals surface area contributed by atoms with Gasteiger partial charge in [0.1, 0.15) is 0 Å². The molecule has 100 valence electrons. The first-order chi connectivity index (χ1) is 8.99.